The summed E-state index contributed by atoms with van der Waals surface area (Å²) in [6, 6.07) is 12.5. The maximum absolute atomic E-state index is 13.6. The largest absolute Gasteiger partial charge is 0.352 e. The molecule has 8 heteroatoms. The van der Waals surface area contributed by atoms with Gasteiger partial charge in [-0.3, -0.25) is 4.72 Å². The number of nitrogens with zero attached hydrogens (tertiary/aromatic N) is 1. The smallest absolute Gasteiger partial charge is 0.263 e. The number of hydrogen-bond donors (Lipinski definition) is 2. The van der Waals surface area contributed by atoms with E-state index < -0.39 is 21.7 Å². The average molecular weight is 375 g/mol. The third-order valence-corrected chi connectivity index (χ3v) is 4.91. The Hall–Kier alpha value is -3.00. The van der Waals surface area contributed by atoms with E-state index in [0.29, 0.717) is 5.69 Å². The highest BCUT2D eigenvalue weighted by molar-refractivity contribution is 7.92. The summed E-state index contributed by atoms with van der Waals surface area (Å²) in [7, 11) is -3.75. The Bertz CT molecular complexity index is 1020. The van der Waals surface area contributed by atoms with E-state index in [2.05, 4.69) is 15.0 Å². The van der Waals surface area contributed by atoms with E-state index in [-0.39, 0.29) is 16.4 Å². The lowest BCUT2D eigenvalue weighted by Crippen LogP contribution is -2.13. The number of hydrogen-bond acceptors (Lipinski definition) is 4. The van der Waals surface area contributed by atoms with Crippen LogP contribution in [-0.2, 0) is 10.0 Å². The molecule has 0 bridgehead atoms. The van der Waals surface area contributed by atoms with Crippen LogP contribution in [0.2, 0.25) is 0 Å². The maximum atomic E-state index is 13.6. The molecule has 0 saturated carbocycles. The first-order chi connectivity index (χ1) is 12.3. The number of nitrogens with one attached hydrogen (secondary N) is 2. The van der Waals surface area contributed by atoms with Crippen molar-refractivity contribution in [3.8, 4) is 0 Å². The Morgan fingerprint density at radius 3 is 2.31 bits per heavy atom. The predicted molar refractivity (Wildman–Crippen MR) is 95.9 cm³/mol. The third kappa shape index (κ3) is 4.15. The van der Waals surface area contributed by atoms with E-state index in [1.807, 2.05) is 6.92 Å². The minimum absolute atomic E-state index is 0.0844. The summed E-state index contributed by atoms with van der Waals surface area (Å²) < 4.78 is 53.6. The standard InChI is InChI=1S/C18H15F2N3O2S/c1-12-2-6-15(7-3-12)26(24,25)23-18-9-5-14(11-21-18)22-17-8-4-13(19)10-16(17)20/h2-11,22H,1H3,(H,21,23). The highest BCUT2D eigenvalue weighted by atomic mass is 32.2. The zero-order chi connectivity index (χ0) is 18.7. The summed E-state index contributed by atoms with van der Waals surface area (Å²) >= 11 is 0. The number of anilines is 3. The molecule has 1 aromatic heterocycles. The van der Waals surface area contributed by atoms with Crippen molar-refractivity contribution in [1.29, 1.82) is 0 Å². The molecule has 134 valence electrons. The zero-order valence-electron chi connectivity index (χ0n) is 13.7. The van der Waals surface area contributed by atoms with Crippen molar-refractivity contribution in [2.24, 2.45) is 0 Å². The Morgan fingerprint density at radius 2 is 1.69 bits per heavy atom. The minimum Gasteiger partial charge on any atom is -0.352 e. The molecule has 3 aromatic rings. The highest BCUT2D eigenvalue weighted by Gasteiger charge is 2.14. The van der Waals surface area contributed by atoms with Crippen LogP contribution < -0.4 is 10.0 Å². The van der Waals surface area contributed by atoms with Gasteiger partial charge in [0, 0.05) is 6.07 Å². The van der Waals surface area contributed by atoms with Crippen LogP contribution in [0.5, 0.6) is 0 Å². The quantitative estimate of drug-likeness (QED) is 0.701. The second-order valence-corrected chi connectivity index (χ2v) is 7.28. The van der Waals surface area contributed by atoms with Gasteiger partial charge in [0.05, 0.1) is 22.5 Å². The molecule has 26 heavy (non-hydrogen) atoms. The van der Waals surface area contributed by atoms with Crippen LogP contribution >= 0.6 is 0 Å². The number of sulfonamides is 1. The van der Waals surface area contributed by atoms with E-state index in [1.54, 1.807) is 12.1 Å². The molecule has 0 atom stereocenters. The van der Waals surface area contributed by atoms with E-state index in [9.17, 15) is 17.2 Å². The maximum Gasteiger partial charge on any atom is 0.263 e. The molecule has 0 aliphatic carbocycles. The van der Waals surface area contributed by atoms with Gasteiger partial charge in [0.25, 0.3) is 10.0 Å². The SMILES string of the molecule is Cc1ccc(S(=O)(=O)Nc2ccc(Nc3ccc(F)cc3F)cn2)cc1. The Balaban J connectivity index is 1.74. The van der Waals surface area contributed by atoms with Gasteiger partial charge in [-0.05, 0) is 43.3 Å². The van der Waals surface area contributed by atoms with E-state index in [1.165, 1.54) is 36.5 Å². The van der Waals surface area contributed by atoms with Gasteiger partial charge in [-0.15, -0.1) is 0 Å². The normalized spacial score (nSPS) is 11.2. The number of pyridine rings is 1. The first-order valence-corrected chi connectivity index (χ1v) is 9.09. The lowest BCUT2D eigenvalue weighted by atomic mass is 10.2. The monoisotopic (exact) mass is 375 g/mol. The molecule has 0 amide bonds. The predicted octanol–water partition coefficient (Wildman–Crippen LogP) is 4.21. The fraction of sp³-hybridized carbons (Fsp3) is 0.0556. The molecule has 0 aliphatic heterocycles. The van der Waals surface area contributed by atoms with E-state index >= 15 is 0 Å². The van der Waals surface area contributed by atoms with Crippen molar-refractivity contribution in [1.82, 2.24) is 4.98 Å². The summed E-state index contributed by atoms with van der Waals surface area (Å²) in [5.41, 5.74) is 1.46. The van der Waals surface area contributed by atoms with Gasteiger partial charge >= 0.3 is 0 Å². The molecule has 3 rings (SSSR count). The summed E-state index contributed by atoms with van der Waals surface area (Å²) in [6.45, 7) is 1.86. The molecule has 2 aromatic carbocycles. The molecule has 1 heterocycles. The van der Waals surface area contributed by atoms with Gasteiger partial charge in [-0.2, -0.15) is 0 Å². The number of aryl methyl sites for hydroxylation is 1. The fourth-order valence-electron chi connectivity index (χ4n) is 2.19. The first-order valence-electron chi connectivity index (χ1n) is 7.61. The van der Waals surface area contributed by atoms with E-state index in [0.717, 1.165) is 17.7 Å². The average Bonchev–Trinajstić information content (AvgIpc) is 2.59. The van der Waals surface area contributed by atoms with Gasteiger partial charge in [0.2, 0.25) is 0 Å². The Kier molecular flexibility index (Phi) is 4.85. The van der Waals surface area contributed by atoms with Crippen LogP contribution in [0, 0.1) is 18.6 Å². The Labute approximate surface area is 149 Å². The van der Waals surface area contributed by atoms with Gasteiger partial charge in [-0.1, -0.05) is 17.7 Å². The topological polar surface area (TPSA) is 71.1 Å². The molecule has 0 saturated heterocycles. The van der Waals surface area contributed by atoms with Crippen molar-refractivity contribution in [2.75, 3.05) is 10.0 Å². The first kappa shape index (κ1) is 17.8. The summed E-state index contributed by atoms with van der Waals surface area (Å²) in [4.78, 5) is 4.13. The van der Waals surface area contributed by atoms with Crippen molar-refractivity contribution in [3.05, 3.63) is 78.0 Å². The number of halogens is 2. The fourth-order valence-corrected chi connectivity index (χ4v) is 3.20. The molecular formula is C18H15F2N3O2S. The van der Waals surface area contributed by atoms with Gasteiger partial charge in [0.15, 0.2) is 0 Å². The van der Waals surface area contributed by atoms with Crippen LogP contribution in [0.15, 0.2) is 65.7 Å². The van der Waals surface area contributed by atoms with Crippen molar-refractivity contribution >= 4 is 27.2 Å². The highest BCUT2D eigenvalue weighted by Crippen LogP contribution is 2.22. The lowest BCUT2D eigenvalue weighted by Gasteiger charge is -2.10. The molecule has 0 aliphatic rings. The van der Waals surface area contributed by atoms with Crippen LogP contribution in [0.3, 0.4) is 0 Å². The van der Waals surface area contributed by atoms with Crippen LogP contribution in [-0.4, -0.2) is 13.4 Å². The molecule has 0 spiro atoms. The second kappa shape index (κ2) is 7.09. The van der Waals surface area contributed by atoms with Gasteiger partial charge in [-0.25, -0.2) is 22.2 Å². The zero-order valence-corrected chi connectivity index (χ0v) is 14.5. The summed E-state index contributed by atoms with van der Waals surface area (Å²) in [5, 5.41) is 2.75. The van der Waals surface area contributed by atoms with Crippen molar-refractivity contribution in [3.63, 3.8) is 0 Å². The Morgan fingerprint density at radius 1 is 0.962 bits per heavy atom. The number of benzene rings is 2. The molecule has 5 nitrogen and oxygen atoms in total. The molecule has 0 radical (unpaired) electrons. The molecule has 0 fully saturated rings. The van der Waals surface area contributed by atoms with Crippen LogP contribution in [0.1, 0.15) is 5.56 Å². The van der Waals surface area contributed by atoms with Crippen LogP contribution in [0.25, 0.3) is 0 Å². The van der Waals surface area contributed by atoms with Gasteiger partial charge < -0.3 is 5.32 Å². The van der Waals surface area contributed by atoms with Crippen molar-refractivity contribution in [2.45, 2.75) is 11.8 Å². The summed E-state index contributed by atoms with van der Waals surface area (Å²) in [5.74, 6) is -1.29. The molecule has 0 unspecified atom stereocenters. The number of rotatable bonds is 5. The van der Waals surface area contributed by atoms with Crippen LogP contribution in [0.4, 0.5) is 26.0 Å². The van der Waals surface area contributed by atoms with E-state index in [4.69, 9.17) is 0 Å². The summed E-state index contributed by atoms with van der Waals surface area (Å²) in [6.07, 6.45) is 1.34. The third-order valence-electron chi connectivity index (χ3n) is 3.54. The molecule has 2 N–H and O–H groups in total. The lowest BCUT2D eigenvalue weighted by molar-refractivity contribution is 0.586. The number of aromatic nitrogens is 1. The van der Waals surface area contributed by atoms with Crippen molar-refractivity contribution < 1.29 is 17.2 Å². The second-order valence-electron chi connectivity index (χ2n) is 5.60. The minimum atomic E-state index is -3.75. The van der Waals surface area contributed by atoms with Gasteiger partial charge in [0.1, 0.15) is 17.5 Å². The molecular weight excluding hydrogens is 360 g/mol.